The summed E-state index contributed by atoms with van der Waals surface area (Å²) in [5.74, 6) is 1.06. The molecule has 0 heterocycles. The van der Waals surface area contributed by atoms with Crippen LogP contribution in [-0.4, -0.2) is 41.8 Å². The van der Waals surface area contributed by atoms with E-state index >= 15 is 0 Å². The Morgan fingerprint density at radius 1 is 1.25 bits per heavy atom. The van der Waals surface area contributed by atoms with Gasteiger partial charge in [0.05, 0.1) is 12.7 Å². The summed E-state index contributed by atoms with van der Waals surface area (Å²) in [4.78, 5) is 1.29. The van der Waals surface area contributed by atoms with Gasteiger partial charge in [0.2, 0.25) is 0 Å². The largest absolute Gasteiger partial charge is 0.394 e. The molecule has 0 amide bonds. The number of rotatable bonds is 8. The zero-order valence-electron chi connectivity index (χ0n) is 9.30. The van der Waals surface area contributed by atoms with E-state index in [1.165, 1.54) is 4.90 Å². The lowest BCUT2D eigenvalue weighted by molar-refractivity contribution is 0.0946. The first kappa shape index (κ1) is 13.5. The summed E-state index contributed by atoms with van der Waals surface area (Å²) < 4.78 is 0. The Kier molecular flexibility index (Phi) is 7.25. The Bertz CT molecular complexity index is 269. The highest BCUT2D eigenvalue weighted by Gasteiger charge is 1.99. The molecule has 0 aliphatic heterocycles. The van der Waals surface area contributed by atoms with Crippen molar-refractivity contribution in [3.8, 4) is 0 Å². The lowest BCUT2D eigenvalue weighted by atomic mass is 10.3. The molecule has 1 unspecified atom stereocenters. The van der Waals surface area contributed by atoms with Crippen LogP contribution in [0.3, 0.4) is 0 Å². The van der Waals surface area contributed by atoms with Crippen molar-refractivity contribution in [2.75, 3.05) is 25.4 Å². The van der Waals surface area contributed by atoms with Crippen molar-refractivity contribution in [1.82, 2.24) is 5.32 Å². The second-order valence-corrected chi connectivity index (χ2v) is 4.72. The standard InChI is InChI=1S/C12H19NO2S/c14-10-11(15)9-13-7-4-8-16-12-5-2-1-3-6-12/h1-3,5-6,11,13-15H,4,7-10H2. The molecule has 0 radical (unpaired) electrons. The first-order chi connectivity index (χ1) is 7.83. The minimum Gasteiger partial charge on any atom is -0.394 e. The van der Waals surface area contributed by atoms with E-state index in [9.17, 15) is 0 Å². The Hall–Kier alpha value is -0.550. The van der Waals surface area contributed by atoms with Gasteiger partial charge in [-0.2, -0.15) is 0 Å². The summed E-state index contributed by atoms with van der Waals surface area (Å²) in [6, 6.07) is 10.3. The summed E-state index contributed by atoms with van der Waals surface area (Å²) in [6.07, 6.45) is 0.416. The first-order valence-corrected chi connectivity index (χ1v) is 6.49. The highest BCUT2D eigenvalue weighted by molar-refractivity contribution is 7.99. The van der Waals surface area contributed by atoms with E-state index in [1.54, 1.807) is 0 Å². The third-order valence-corrected chi connectivity index (χ3v) is 3.20. The molecule has 0 saturated carbocycles. The fraction of sp³-hybridized carbons (Fsp3) is 0.500. The van der Waals surface area contributed by atoms with Gasteiger partial charge in [-0.05, 0) is 30.9 Å². The van der Waals surface area contributed by atoms with E-state index in [-0.39, 0.29) is 6.61 Å². The summed E-state index contributed by atoms with van der Waals surface area (Å²) in [5.41, 5.74) is 0. The van der Waals surface area contributed by atoms with Gasteiger partial charge in [0.1, 0.15) is 0 Å². The minimum atomic E-state index is -0.637. The number of aliphatic hydroxyl groups excluding tert-OH is 2. The van der Waals surface area contributed by atoms with E-state index in [0.717, 1.165) is 18.7 Å². The van der Waals surface area contributed by atoms with Crippen LogP contribution in [0.1, 0.15) is 6.42 Å². The van der Waals surface area contributed by atoms with Crippen LogP contribution in [0.5, 0.6) is 0 Å². The Morgan fingerprint density at radius 3 is 2.69 bits per heavy atom. The van der Waals surface area contributed by atoms with Crippen LogP contribution in [0.2, 0.25) is 0 Å². The quantitative estimate of drug-likeness (QED) is 0.471. The van der Waals surface area contributed by atoms with Gasteiger partial charge in [-0.1, -0.05) is 18.2 Å². The van der Waals surface area contributed by atoms with Crippen molar-refractivity contribution in [2.45, 2.75) is 17.4 Å². The van der Waals surface area contributed by atoms with Crippen molar-refractivity contribution in [1.29, 1.82) is 0 Å². The van der Waals surface area contributed by atoms with Gasteiger partial charge in [0.25, 0.3) is 0 Å². The molecule has 0 aromatic heterocycles. The van der Waals surface area contributed by atoms with Crippen LogP contribution in [0.4, 0.5) is 0 Å². The van der Waals surface area contributed by atoms with Crippen LogP contribution >= 0.6 is 11.8 Å². The molecule has 0 bridgehead atoms. The fourth-order valence-corrected chi connectivity index (χ4v) is 2.11. The molecule has 16 heavy (non-hydrogen) atoms. The number of thioether (sulfide) groups is 1. The molecule has 1 aromatic rings. The maximum Gasteiger partial charge on any atom is 0.0894 e. The van der Waals surface area contributed by atoms with Crippen LogP contribution in [0.25, 0.3) is 0 Å². The van der Waals surface area contributed by atoms with E-state index < -0.39 is 6.10 Å². The molecule has 0 fully saturated rings. The monoisotopic (exact) mass is 241 g/mol. The van der Waals surface area contributed by atoms with Crippen LogP contribution in [0, 0.1) is 0 Å². The third-order valence-electron chi connectivity index (χ3n) is 2.10. The highest BCUT2D eigenvalue weighted by Crippen LogP contribution is 2.17. The van der Waals surface area contributed by atoms with Gasteiger partial charge in [0, 0.05) is 11.4 Å². The lowest BCUT2D eigenvalue weighted by Gasteiger charge is -2.08. The molecule has 3 N–H and O–H groups in total. The highest BCUT2D eigenvalue weighted by atomic mass is 32.2. The zero-order chi connectivity index (χ0) is 11.6. The van der Waals surface area contributed by atoms with E-state index in [0.29, 0.717) is 6.54 Å². The maximum atomic E-state index is 9.07. The molecule has 0 saturated heterocycles. The molecule has 4 heteroatoms. The molecule has 0 spiro atoms. The normalized spacial score (nSPS) is 12.6. The number of nitrogens with one attached hydrogen (secondary N) is 1. The summed E-state index contributed by atoms with van der Waals surface area (Å²) in [6.45, 7) is 1.16. The molecule has 1 aromatic carbocycles. The molecule has 0 aliphatic rings. The smallest absolute Gasteiger partial charge is 0.0894 e. The van der Waals surface area contributed by atoms with Crippen molar-refractivity contribution in [2.24, 2.45) is 0 Å². The van der Waals surface area contributed by atoms with E-state index in [1.807, 2.05) is 30.0 Å². The molecule has 1 atom stereocenters. The first-order valence-electron chi connectivity index (χ1n) is 5.50. The molecule has 90 valence electrons. The maximum absolute atomic E-state index is 9.07. The van der Waals surface area contributed by atoms with Crippen LogP contribution in [0.15, 0.2) is 35.2 Å². The molecular formula is C12H19NO2S. The van der Waals surface area contributed by atoms with Gasteiger partial charge in [-0.15, -0.1) is 11.8 Å². The third kappa shape index (κ3) is 6.12. The summed E-state index contributed by atoms with van der Waals surface area (Å²) in [7, 11) is 0. The van der Waals surface area contributed by atoms with Gasteiger partial charge in [0.15, 0.2) is 0 Å². The second kappa shape index (κ2) is 8.58. The van der Waals surface area contributed by atoms with Crippen LogP contribution in [-0.2, 0) is 0 Å². The summed E-state index contributed by atoms with van der Waals surface area (Å²) in [5, 5.41) is 20.8. The molecule has 0 aliphatic carbocycles. The van der Waals surface area contributed by atoms with E-state index in [4.69, 9.17) is 10.2 Å². The van der Waals surface area contributed by atoms with Gasteiger partial charge < -0.3 is 15.5 Å². The van der Waals surface area contributed by atoms with Crippen LogP contribution < -0.4 is 5.32 Å². The zero-order valence-corrected chi connectivity index (χ0v) is 10.1. The Balaban J connectivity index is 1.96. The van der Waals surface area contributed by atoms with E-state index in [2.05, 4.69) is 17.4 Å². The number of benzene rings is 1. The Morgan fingerprint density at radius 2 is 2.00 bits per heavy atom. The Labute approximate surface area is 101 Å². The molecular weight excluding hydrogens is 222 g/mol. The van der Waals surface area contributed by atoms with Gasteiger partial charge in [-0.25, -0.2) is 0 Å². The van der Waals surface area contributed by atoms with Crippen molar-refractivity contribution in [3.05, 3.63) is 30.3 Å². The number of hydrogen-bond acceptors (Lipinski definition) is 4. The van der Waals surface area contributed by atoms with Crippen molar-refractivity contribution in [3.63, 3.8) is 0 Å². The fourth-order valence-electron chi connectivity index (χ4n) is 1.24. The van der Waals surface area contributed by atoms with Gasteiger partial charge in [-0.3, -0.25) is 0 Å². The molecule has 1 rings (SSSR count). The molecule has 3 nitrogen and oxygen atoms in total. The topological polar surface area (TPSA) is 52.5 Å². The van der Waals surface area contributed by atoms with Crippen molar-refractivity contribution < 1.29 is 10.2 Å². The second-order valence-electron chi connectivity index (χ2n) is 3.56. The average molecular weight is 241 g/mol. The SMILES string of the molecule is OCC(O)CNCCCSc1ccccc1. The number of hydrogen-bond donors (Lipinski definition) is 3. The predicted octanol–water partition coefficient (Wildman–Crippen LogP) is 1.11. The average Bonchev–Trinajstić information content (AvgIpc) is 2.34. The van der Waals surface area contributed by atoms with Crippen molar-refractivity contribution >= 4 is 11.8 Å². The summed E-state index contributed by atoms with van der Waals surface area (Å²) >= 11 is 1.83. The number of aliphatic hydroxyl groups is 2. The lowest BCUT2D eigenvalue weighted by Crippen LogP contribution is -2.30. The van der Waals surface area contributed by atoms with Gasteiger partial charge >= 0.3 is 0 Å². The predicted molar refractivity (Wildman–Crippen MR) is 67.7 cm³/mol. The minimum absolute atomic E-state index is 0.175.